The van der Waals surface area contributed by atoms with E-state index < -0.39 is 4.92 Å². The molecular formula is C14H21ClN4O2. The van der Waals surface area contributed by atoms with E-state index in [1.165, 1.54) is 12.3 Å². The molecule has 1 N–H and O–H groups in total. The number of hydrogen-bond acceptors (Lipinski definition) is 5. The highest BCUT2D eigenvalue weighted by molar-refractivity contribution is 6.30. The smallest absolute Gasteiger partial charge is 0.313 e. The summed E-state index contributed by atoms with van der Waals surface area (Å²) in [6, 6.07) is 1.82. The minimum absolute atomic E-state index is 0.0139. The van der Waals surface area contributed by atoms with Crippen LogP contribution >= 0.6 is 11.6 Å². The zero-order valence-electron chi connectivity index (χ0n) is 12.4. The zero-order valence-corrected chi connectivity index (χ0v) is 13.1. The maximum Gasteiger partial charge on any atom is 0.313 e. The summed E-state index contributed by atoms with van der Waals surface area (Å²) in [6.07, 6.45) is 3.63. The van der Waals surface area contributed by atoms with Crippen molar-refractivity contribution in [3.05, 3.63) is 27.4 Å². The molecule has 1 aromatic heterocycles. The Hall–Kier alpha value is -1.40. The standard InChI is InChI=1S/C14H21ClN4O2/c1-10(2)16-7-11-4-3-5-18(9-11)14-13(19(20)21)6-12(15)8-17-14/h6,8,10-11,16H,3-5,7,9H2,1-2H3. The van der Waals surface area contributed by atoms with Crippen LogP contribution in [0, 0.1) is 16.0 Å². The van der Waals surface area contributed by atoms with E-state index in [0.717, 1.165) is 32.5 Å². The van der Waals surface area contributed by atoms with Crippen molar-refractivity contribution < 1.29 is 4.92 Å². The summed E-state index contributed by atoms with van der Waals surface area (Å²) in [5.41, 5.74) is -0.0139. The molecule has 1 aromatic rings. The topological polar surface area (TPSA) is 71.3 Å². The number of aromatic nitrogens is 1. The van der Waals surface area contributed by atoms with Gasteiger partial charge in [0.1, 0.15) is 0 Å². The molecule has 7 heteroatoms. The molecule has 21 heavy (non-hydrogen) atoms. The van der Waals surface area contributed by atoms with Crippen molar-refractivity contribution in [1.82, 2.24) is 10.3 Å². The van der Waals surface area contributed by atoms with Crippen LogP contribution in [-0.4, -0.2) is 35.6 Å². The van der Waals surface area contributed by atoms with E-state index in [4.69, 9.17) is 11.6 Å². The number of hydrogen-bond donors (Lipinski definition) is 1. The van der Waals surface area contributed by atoms with E-state index in [0.29, 0.717) is 22.8 Å². The highest BCUT2D eigenvalue weighted by atomic mass is 35.5. The van der Waals surface area contributed by atoms with Crippen LogP contribution in [0.2, 0.25) is 5.02 Å². The van der Waals surface area contributed by atoms with Crippen molar-refractivity contribution in [1.29, 1.82) is 0 Å². The first-order chi connectivity index (χ1) is 9.97. The van der Waals surface area contributed by atoms with E-state index in [1.54, 1.807) is 0 Å². The zero-order chi connectivity index (χ0) is 15.4. The fourth-order valence-corrected chi connectivity index (χ4v) is 2.78. The van der Waals surface area contributed by atoms with Crippen LogP contribution in [-0.2, 0) is 0 Å². The molecule has 0 radical (unpaired) electrons. The average Bonchev–Trinajstić information content (AvgIpc) is 2.45. The molecule has 116 valence electrons. The maximum atomic E-state index is 11.2. The third-order valence-corrected chi connectivity index (χ3v) is 3.85. The van der Waals surface area contributed by atoms with Crippen LogP contribution in [0.3, 0.4) is 0 Å². The predicted molar refractivity (Wildman–Crippen MR) is 84.0 cm³/mol. The van der Waals surface area contributed by atoms with Crippen LogP contribution in [0.5, 0.6) is 0 Å². The van der Waals surface area contributed by atoms with Crippen molar-refractivity contribution in [2.75, 3.05) is 24.5 Å². The molecule has 0 bridgehead atoms. The van der Waals surface area contributed by atoms with Gasteiger partial charge in [0.15, 0.2) is 0 Å². The highest BCUT2D eigenvalue weighted by Crippen LogP contribution is 2.31. The first-order valence-corrected chi connectivity index (χ1v) is 7.63. The summed E-state index contributed by atoms with van der Waals surface area (Å²) in [5, 5.41) is 14.9. The average molecular weight is 313 g/mol. The lowest BCUT2D eigenvalue weighted by Crippen LogP contribution is -2.41. The Bertz CT molecular complexity index is 510. The Labute approximate surface area is 129 Å². The van der Waals surface area contributed by atoms with E-state index in [2.05, 4.69) is 24.1 Å². The molecule has 0 aliphatic carbocycles. The number of nitrogens with zero attached hydrogens (tertiary/aromatic N) is 3. The minimum atomic E-state index is -0.413. The van der Waals surface area contributed by atoms with Gasteiger partial charge < -0.3 is 10.2 Å². The highest BCUT2D eigenvalue weighted by Gasteiger charge is 2.27. The van der Waals surface area contributed by atoms with Crippen molar-refractivity contribution in [3.63, 3.8) is 0 Å². The van der Waals surface area contributed by atoms with Crippen LogP contribution in [0.15, 0.2) is 12.3 Å². The molecule has 0 spiro atoms. The van der Waals surface area contributed by atoms with Crippen molar-refractivity contribution in [2.24, 2.45) is 5.92 Å². The fraction of sp³-hybridized carbons (Fsp3) is 0.643. The molecule has 1 atom stereocenters. The number of nitro groups is 1. The van der Waals surface area contributed by atoms with Gasteiger partial charge in [-0.15, -0.1) is 0 Å². The quantitative estimate of drug-likeness (QED) is 0.668. The monoisotopic (exact) mass is 312 g/mol. The second kappa shape index (κ2) is 7.04. The van der Waals surface area contributed by atoms with Gasteiger partial charge in [-0.25, -0.2) is 4.98 Å². The molecule has 2 heterocycles. The molecule has 1 fully saturated rings. The summed E-state index contributed by atoms with van der Waals surface area (Å²) in [6.45, 7) is 6.75. The second-order valence-corrected chi connectivity index (χ2v) is 6.21. The number of piperidine rings is 1. The number of rotatable bonds is 5. The third kappa shape index (κ3) is 4.28. The first-order valence-electron chi connectivity index (χ1n) is 7.25. The minimum Gasteiger partial charge on any atom is -0.351 e. The summed E-state index contributed by atoms with van der Waals surface area (Å²) < 4.78 is 0. The molecule has 1 saturated heterocycles. The van der Waals surface area contributed by atoms with Crippen LogP contribution in [0.25, 0.3) is 0 Å². The van der Waals surface area contributed by atoms with Crippen LogP contribution < -0.4 is 10.2 Å². The summed E-state index contributed by atoms with van der Waals surface area (Å²) in [7, 11) is 0. The van der Waals surface area contributed by atoms with Gasteiger partial charge in [0.2, 0.25) is 5.82 Å². The Kier molecular flexibility index (Phi) is 5.36. The van der Waals surface area contributed by atoms with Gasteiger partial charge >= 0.3 is 5.69 Å². The summed E-state index contributed by atoms with van der Waals surface area (Å²) in [5.74, 6) is 0.914. The predicted octanol–water partition coefficient (Wildman–Crippen LogP) is 2.86. The number of pyridine rings is 1. The van der Waals surface area contributed by atoms with Crippen LogP contribution in [0.4, 0.5) is 11.5 Å². The first kappa shape index (κ1) is 16.0. The van der Waals surface area contributed by atoms with Crippen molar-refractivity contribution in [3.8, 4) is 0 Å². The van der Waals surface area contributed by atoms with E-state index in [1.807, 2.05) is 4.90 Å². The Morgan fingerprint density at radius 2 is 2.38 bits per heavy atom. The summed E-state index contributed by atoms with van der Waals surface area (Å²) >= 11 is 5.82. The lowest BCUT2D eigenvalue weighted by atomic mass is 9.97. The molecular weight excluding hydrogens is 292 g/mol. The van der Waals surface area contributed by atoms with Gasteiger partial charge in [-0.1, -0.05) is 25.4 Å². The Morgan fingerprint density at radius 3 is 3.05 bits per heavy atom. The molecule has 0 aromatic carbocycles. The maximum absolute atomic E-state index is 11.2. The molecule has 1 aliphatic heterocycles. The molecule has 2 rings (SSSR count). The van der Waals surface area contributed by atoms with E-state index >= 15 is 0 Å². The molecule has 1 unspecified atom stereocenters. The Balaban J connectivity index is 2.12. The van der Waals surface area contributed by atoms with E-state index in [9.17, 15) is 10.1 Å². The van der Waals surface area contributed by atoms with Crippen molar-refractivity contribution in [2.45, 2.75) is 32.7 Å². The largest absolute Gasteiger partial charge is 0.351 e. The van der Waals surface area contributed by atoms with Crippen molar-refractivity contribution >= 4 is 23.1 Å². The molecule has 0 amide bonds. The normalized spacial score (nSPS) is 19.0. The lowest BCUT2D eigenvalue weighted by Gasteiger charge is -2.33. The molecule has 0 saturated carbocycles. The van der Waals surface area contributed by atoms with Gasteiger partial charge in [0.05, 0.1) is 9.95 Å². The van der Waals surface area contributed by atoms with E-state index in [-0.39, 0.29) is 5.69 Å². The number of nitrogens with one attached hydrogen (secondary N) is 1. The molecule has 6 nitrogen and oxygen atoms in total. The SMILES string of the molecule is CC(C)NCC1CCCN(c2ncc(Cl)cc2[N+](=O)[O-])C1. The second-order valence-electron chi connectivity index (χ2n) is 5.77. The lowest BCUT2D eigenvalue weighted by molar-refractivity contribution is -0.384. The number of anilines is 1. The third-order valence-electron chi connectivity index (χ3n) is 3.64. The number of halogens is 1. The van der Waals surface area contributed by atoms with Gasteiger partial charge in [0, 0.05) is 31.4 Å². The van der Waals surface area contributed by atoms with Gasteiger partial charge in [-0.05, 0) is 25.3 Å². The summed E-state index contributed by atoms with van der Waals surface area (Å²) in [4.78, 5) is 17.0. The van der Waals surface area contributed by atoms with Gasteiger partial charge in [-0.3, -0.25) is 10.1 Å². The Morgan fingerprint density at radius 1 is 1.62 bits per heavy atom. The van der Waals surface area contributed by atoms with Gasteiger partial charge in [-0.2, -0.15) is 0 Å². The molecule has 1 aliphatic rings. The van der Waals surface area contributed by atoms with Gasteiger partial charge in [0.25, 0.3) is 0 Å². The van der Waals surface area contributed by atoms with Crippen LogP contribution in [0.1, 0.15) is 26.7 Å². The fourth-order valence-electron chi connectivity index (χ4n) is 2.63.